The molecule has 0 aromatic carbocycles. The molecule has 0 spiro atoms. The maximum atomic E-state index is 12.5. The molecule has 0 saturated carbocycles. The van der Waals surface area contributed by atoms with Gasteiger partial charge in [-0.05, 0) is 38.0 Å². The Kier molecular flexibility index (Phi) is 5.44. The molecule has 0 aromatic heterocycles. The van der Waals surface area contributed by atoms with Crippen LogP contribution in [0.2, 0.25) is 0 Å². The average molecular weight is 240 g/mol. The Hall–Kier alpha value is -0.570. The molecule has 100 valence electrons. The van der Waals surface area contributed by atoms with Gasteiger partial charge in [0.05, 0.1) is 5.92 Å². The summed E-state index contributed by atoms with van der Waals surface area (Å²) >= 11 is 0. The van der Waals surface area contributed by atoms with Gasteiger partial charge in [0.2, 0.25) is 5.91 Å². The molecule has 3 heteroatoms. The van der Waals surface area contributed by atoms with Crippen LogP contribution in [0.25, 0.3) is 0 Å². The number of carbonyl (C=O) groups is 1. The highest BCUT2D eigenvalue weighted by Gasteiger charge is 2.31. The summed E-state index contributed by atoms with van der Waals surface area (Å²) in [6, 6.07) is 0.389. The van der Waals surface area contributed by atoms with Crippen LogP contribution >= 0.6 is 0 Å². The van der Waals surface area contributed by atoms with Crippen molar-refractivity contribution in [3.63, 3.8) is 0 Å². The van der Waals surface area contributed by atoms with Crippen molar-refractivity contribution in [1.82, 2.24) is 4.90 Å². The van der Waals surface area contributed by atoms with Gasteiger partial charge in [0, 0.05) is 19.1 Å². The van der Waals surface area contributed by atoms with Crippen molar-refractivity contribution in [2.45, 2.75) is 53.0 Å². The quantitative estimate of drug-likeness (QED) is 0.819. The summed E-state index contributed by atoms with van der Waals surface area (Å²) in [5.74, 6) is 1.46. The Labute approximate surface area is 106 Å². The molecule has 1 fully saturated rings. The van der Waals surface area contributed by atoms with Gasteiger partial charge >= 0.3 is 0 Å². The molecule has 1 heterocycles. The second-order valence-corrected chi connectivity index (χ2v) is 6.08. The van der Waals surface area contributed by atoms with Crippen molar-refractivity contribution in [1.29, 1.82) is 0 Å². The first-order valence-corrected chi connectivity index (χ1v) is 6.96. The monoisotopic (exact) mass is 240 g/mol. The van der Waals surface area contributed by atoms with Crippen LogP contribution in [-0.2, 0) is 4.79 Å². The lowest BCUT2D eigenvalue weighted by molar-refractivity contribution is -0.140. The second-order valence-electron chi connectivity index (χ2n) is 6.08. The molecular weight excluding hydrogens is 212 g/mol. The van der Waals surface area contributed by atoms with Crippen molar-refractivity contribution in [3.05, 3.63) is 0 Å². The van der Waals surface area contributed by atoms with Gasteiger partial charge in [-0.15, -0.1) is 0 Å². The first-order chi connectivity index (χ1) is 7.95. The third kappa shape index (κ3) is 3.98. The average Bonchev–Trinajstić information content (AvgIpc) is 2.28. The fourth-order valence-electron chi connectivity index (χ4n) is 2.70. The molecule has 2 N–H and O–H groups in total. The smallest absolute Gasteiger partial charge is 0.227 e. The molecule has 1 aliphatic rings. The maximum absolute atomic E-state index is 12.5. The number of hydrogen-bond donors (Lipinski definition) is 1. The molecule has 1 rings (SSSR count). The van der Waals surface area contributed by atoms with E-state index in [0.29, 0.717) is 24.4 Å². The first kappa shape index (κ1) is 14.5. The minimum atomic E-state index is 0.0164. The summed E-state index contributed by atoms with van der Waals surface area (Å²) in [5.41, 5.74) is 5.76. The lowest BCUT2D eigenvalue weighted by Gasteiger charge is -2.39. The Morgan fingerprint density at radius 3 is 2.53 bits per heavy atom. The van der Waals surface area contributed by atoms with Gasteiger partial charge < -0.3 is 10.6 Å². The molecule has 0 aliphatic carbocycles. The van der Waals surface area contributed by atoms with Gasteiger partial charge in [0.25, 0.3) is 0 Å². The van der Waals surface area contributed by atoms with Crippen LogP contribution in [0.1, 0.15) is 47.0 Å². The number of rotatable bonds is 4. The minimum Gasteiger partial charge on any atom is -0.339 e. The van der Waals surface area contributed by atoms with Gasteiger partial charge in [-0.25, -0.2) is 0 Å². The van der Waals surface area contributed by atoms with Crippen LogP contribution in [0, 0.1) is 17.8 Å². The molecule has 0 radical (unpaired) electrons. The molecule has 0 bridgehead atoms. The van der Waals surface area contributed by atoms with Gasteiger partial charge in [0.15, 0.2) is 0 Å². The fraction of sp³-hybridized carbons (Fsp3) is 0.929. The number of piperidine rings is 1. The van der Waals surface area contributed by atoms with Gasteiger partial charge in [-0.3, -0.25) is 4.79 Å². The summed E-state index contributed by atoms with van der Waals surface area (Å²) < 4.78 is 0. The Bertz CT molecular complexity index is 253. The molecule has 1 saturated heterocycles. The van der Waals surface area contributed by atoms with Crippen molar-refractivity contribution in [2.75, 3.05) is 13.1 Å². The van der Waals surface area contributed by atoms with Gasteiger partial charge in [-0.2, -0.15) is 0 Å². The Morgan fingerprint density at radius 1 is 1.35 bits per heavy atom. The summed E-state index contributed by atoms with van der Waals surface area (Å²) in [7, 11) is 0. The summed E-state index contributed by atoms with van der Waals surface area (Å²) in [6.45, 7) is 10.1. The van der Waals surface area contributed by atoms with Crippen molar-refractivity contribution in [3.8, 4) is 0 Å². The molecule has 3 nitrogen and oxygen atoms in total. The summed E-state index contributed by atoms with van der Waals surface area (Å²) in [5, 5.41) is 0. The van der Waals surface area contributed by atoms with Crippen molar-refractivity contribution < 1.29 is 4.79 Å². The third-order valence-electron chi connectivity index (χ3n) is 3.79. The number of amides is 1. The second kappa shape index (κ2) is 6.39. The predicted octanol–water partition coefficient (Wildman–Crippen LogP) is 2.25. The number of nitrogens with two attached hydrogens (primary N) is 1. The summed E-state index contributed by atoms with van der Waals surface area (Å²) in [6.07, 6.45) is 3.28. The van der Waals surface area contributed by atoms with E-state index in [-0.39, 0.29) is 11.8 Å². The Balaban J connectivity index is 2.65. The maximum Gasteiger partial charge on any atom is 0.227 e. The van der Waals surface area contributed by atoms with Gasteiger partial charge in [0.1, 0.15) is 0 Å². The number of carbonyl (C=O) groups excluding carboxylic acids is 1. The van der Waals surface area contributed by atoms with Crippen LogP contribution in [0.15, 0.2) is 0 Å². The van der Waals surface area contributed by atoms with Crippen LogP contribution in [-0.4, -0.2) is 29.9 Å². The van der Waals surface area contributed by atoms with E-state index in [1.807, 2.05) is 0 Å². The first-order valence-electron chi connectivity index (χ1n) is 6.96. The molecule has 0 aromatic rings. The molecular formula is C14H28N2O. The molecule has 3 unspecified atom stereocenters. The lowest BCUT2D eigenvalue weighted by Crippen LogP contribution is -2.49. The highest BCUT2D eigenvalue weighted by atomic mass is 16.2. The van der Waals surface area contributed by atoms with Crippen LogP contribution in [0.5, 0.6) is 0 Å². The standard InChI is InChI=1S/C14H28N2O/c1-10(2)7-13(8-15)14(17)16-9-11(3)5-6-12(16)4/h10-13H,5-9,15H2,1-4H3. The van der Waals surface area contributed by atoms with E-state index < -0.39 is 0 Å². The molecule has 3 atom stereocenters. The van der Waals surface area contributed by atoms with Crippen LogP contribution in [0.3, 0.4) is 0 Å². The van der Waals surface area contributed by atoms with Crippen molar-refractivity contribution in [2.24, 2.45) is 23.5 Å². The zero-order chi connectivity index (χ0) is 13.0. The predicted molar refractivity (Wildman–Crippen MR) is 71.6 cm³/mol. The molecule has 1 aliphatic heterocycles. The summed E-state index contributed by atoms with van der Waals surface area (Å²) in [4.78, 5) is 14.5. The van der Waals surface area contributed by atoms with E-state index in [0.717, 1.165) is 19.4 Å². The van der Waals surface area contributed by atoms with Crippen LogP contribution < -0.4 is 5.73 Å². The highest BCUT2D eigenvalue weighted by Crippen LogP contribution is 2.24. The SMILES string of the molecule is CC(C)CC(CN)C(=O)N1CC(C)CCC1C. The van der Waals surface area contributed by atoms with E-state index in [2.05, 4.69) is 32.6 Å². The van der Waals surface area contributed by atoms with Gasteiger partial charge in [-0.1, -0.05) is 20.8 Å². The van der Waals surface area contributed by atoms with E-state index in [9.17, 15) is 4.79 Å². The molecule has 17 heavy (non-hydrogen) atoms. The van der Waals surface area contributed by atoms with E-state index >= 15 is 0 Å². The highest BCUT2D eigenvalue weighted by molar-refractivity contribution is 5.79. The van der Waals surface area contributed by atoms with Crippen molar-refractivity contribution >= 4 is 5.91 Å². The number of likely N-dealkylation sites (tertiary alicyclic amines) is 1. The number of nitrogens with zero attached hydrogens (tertiary/aromatic N) is 1. The number of hydrogen-bond acceptors (Lipinski definition) is 2. The lowest BCUT2D eigenvalue weighted by atomic mass is 9.91. The topological polar surface area (TPSA) is 46.3 Å². The van der Waals surface area contributed by atoms with Crippen LogP contribution in [0.4, 0.5) is 0 Å². The normalized spacial score (nSPS) is 27.3. The third-order valence-corrected chi connectivity index (χ3v) is 3.79. The zero-order valence-electron chi connectivity index (χ0n) is 11.8. The Morgan fingerprint density at radius 2 is 2.00 bits per heavy atom. The molecule has 1 amide bonds. The fourth-order valence-corrected chi connectivity index (χ4v) is 2.70. The largest absolute Gasteiger partial charge is 0.339 e. The minimum absolute atomic E-state index is 0.0164. The zero-order valence-corrected chi connectivity index (χ0v) is 11.8. The van der Waals surface area contributed by atoms with E-state index in [1.165, 1.54) is 6.42 Å². The van der Waals surface area contributed by atoms with E-state index in [4.69, 9.17) is 5.73 Å². The van der Waals surface area contributed by atoms with E-state index in [1.54, 1.807) is 0 Å².